The van der Waals surface area contributed by atoms with Crippen molar-refractivity contribution in [1.82, 2.24) is 15.1 Å². The lowest BCUT2D eigenvalue weighted by Gasteiger charge is -2.14. The van der Waals surface area contributed by atoms with E-state index in [-0.39, 0.29) is 24.5 Å². The van der Waals surface area contributed by atoms with Gasteiger partial charge in [-0.1, -0.05) is 29.5 Å². The van der Waals surface area contributed by atoms with E-state index in [1.807, 2.05) is 18.2 Å². The molecule has 0 spiro atoms. The second-order valence-corrected chi connectivity index (χ2v) is 6.82. The minimum atomic E-state index is -0.272. The fraction of sp³-hybridized carbons (Fsp3) is 0.375. The Kier molecular flexibility index (Phi) is 3.99. The number of ether oxygens (including phenoxy) is 1. The fourth-order valence-corrected chi connectivity index (χ4v) is 3.81. The predicted octanol–water partition coefficient (Wildman–Crippen LogP) is 1.98. The molecule has 2 aliphatic heterocycles. The largest absolute Gasteiger partial charge is 0.371 e. The van der Waals surface area contributed by atoms with E-state index in [1.165, 1.54) is 16.2 Å². The summed E-state index contributed by atoms with van der Waals surface area (Å²) in [5.74, 6) is -0.385. The number of amides is 2. The van der Waals surface area contributed by atoms with E-state index in [9.17, 15) is 9.59 Å². The Morgan fingerprint density at radius 1 is 1.38 bits per heavy atom. The van der Waals surface area contributed by atoms with Gasteiger partial charge in [-0.15, -0.1) is 10.2 Å². The Labute approximate surface area is 142 Å². The standard InChI is InChI=1S/C16H16N4O3S/c21-13(9-20-8-10-4-1-2-5-11(10)15(20)22)17-16-19-18-14(24-16)12-6-3-7-23-12/h1-2,4-5,12H,3,6-9H2,(H,17,19,21). The van der Waals surface area contributed by atoms with Gasteiger partial charge < -0.3 is 9.64 Å². The van der Waals surface area contributed by atoms with Crippen molar-refractivity contribution in [2.45, 2.75) is 25.5 Å². The second kappa shape index (κ2) is 6.29. The van der Waals surface area contributed by atoms with Crippen LogP contribution < -0.4 is 5.32 Å². The topological polar surface area (TPSA) is 84.4 Å². The molecule has 1 N–H and O–H groups in total. The highest BCUT2D eigenvalue weighted by Crippen LogP contribution is 2.32. The van der Waals surface area contributed by atoms with E-state index < -0.39 is 0 Å². The van der Waals surface area contributed by atoms with Gasteiger partial charge in [0, 0.05) is 18.7 Å². The van der Waals surface area contributed by atoms with Gasteiger partial charge in [0.25, 0.3) is 5.91 Å². The number of aromatic nitrogens is 2. The molecule has 1 saturated heterocycles. The minimum Gasteiger partial charge on any atom is -0.371 e. The van der Waals surface area contributed by atoms with Gasteiger partial charge in [-0.05, 0) is 24.5 Å². The van der Waals surface area contributed by atoms with Crippen molar-refractivity contribution in [2.75, 3.05) is 18.5 Å². The highest BCUT2D eigenvalue weighted by Gasteiger charge is 2.28. The molecule has 1 fully saturated rings. The van der Waals surface area contributed by atoms with E-state index in [0.29, 0.717) is 17.2 Å². The number of hydrogen-bond donors (Lipinski definition) is 1. The van der Waals surface area contributed by atoms with Crippen LogP contribution in [0, 0.1) is 0 Å². The summed E-state index contributed by atoms with van der Waals surface area (Å²) in [5, 5.41) is 12.0. The Balaban J connectivity index is 1.37. The monoisotopic (exact) mass is 344 g/mol. The zero-order valence-corrected chi connectivity index (χ0v) is 13.7. The van der Waals surface area contributed by atoms with Gasteiger partial charge >= 0.3 is 0 Å². The highest BCUT2D eigenvalue weighted by molar-refractivity contribution is 7.15. The van der Waals surface area contributed by atoms with Gasteiger partial charge in [0.1, 0.15) is 17.7 Å². The highest BCUT2D eigenvalue weighted by atomic mass is 32.1. The molecule has 24 heavy (non-hydrogen) atoms. The Morgan fingerprint density at radius 3 is 3.04 bits per heavy atom. The van der Waals surface area contributed by atoms with Crippen LogP contribution in [0.2, 0.25) is 0 Å². The number of rotatable bonds is 4. The van der Waals surface area contributed by atoms with Gasteiger partial charge in [-0.3, -0.25) is 14.9 Å². The SMILES string of the molecule is O=C(CN1Cc2ccccc2C1=O)Nc1nnc(C2CCCO2)s1. The molecule has 124 valence electrons. The molecule has 2 aromatic rings. The predicted molar refractivity (Wildman–Crippen MR) is 87.6 cm³/mol. The maximum Gasteiger partial charge on any atom is 0.254 e. The van der Waals surface area contributed by atoms with Gasteiger partial charge in [0.15, 0.2) is 0 Å². The number of hydrogen-bond acceptors (Lipinski definition) is 6. The number of carbonyl (C=O) groups is 2. The maximum atomic E-state index is 12.3. The molecule has 0 radical (unpaired) electrons. The van der Waals surface area contributed by atoms with E-state index in [4.69, 9.17) is 4.74 Å². The molecule has 1 aromatic heterocycles. The first kappa shape index (κ1) is 15.2. The molecule has 4 rings (SSSR count). The van der Waals surface area contributed by atoms with Crippen LogP contribution in [0.5, 0.6) is 0 Å². The van der Waals surface area contributed by atoms with Crippen molar-refractivity contribution in [1.29, 1.82) is 0 Å². The summed E-state index contributed by atoms with van der Waals surface area (Å²) in [6.07, 6.45) is 1.94. The van der Waals surface area contributed by atoms with Crippen LogP contribution >= 0.6 is 11.3 Å². The Bertz CT molecular complexity index is 785. The van der Waals surface area contributed by atoms with Crippen molar-refractivity contribution >= 4 is 28.3 Å². The summed E-state index contributed by atoms with van der Waals surface area (Å²) < 4.78 is 5.56. The molecule has 3 heterocycles. The van der Waals surface area contributed by atoms with Gasteiger partial charge in [0.05, 0.1) is 0 Å². The minimum absolute atomic E-state index is 0.00234. The van der Waals surface area contributed by atoms with Crippen molar-refractivity contribution in [3.63, 3.8) is 0 Å². The molecular weight excluding hydrogens is 328 g/mol. The first-order chi connectivity index (χ1) is 11.7. The molecule has 1 aromatic carbocycles. The van der Waals surface area contributed by atoms with Crippen LogP contribution in [0.3, 0.4) is 0 Å². The lowest BCUT2D eigenvalue weighted by atomic mass is 10.1. The number of anilines is 1. The molecule has 0 bridgehead atoms. The summed E-state index contributed by atoms with van der Waals surface area (Å²) in [4.78, 5) is 26.0. The first-order valence-corrected chi connectivity index (χ1v) is 8.64. The summed E-state index contributed by atoms with van der Waals surface area (Å²) in [7, 11) is 0. The summed E-state index contributed by atoms with van der Waals surface area (Å²) in [5.41, 5.74) is 1.62. The molecule has 8 heteroatoms. The molecular formula is C16H16N4O3S. The molecule has 0 saturated carbocycles. The first-order valence-electron chi connectivity index (χ1n) is 7.83. The smallest absolute Gasteiger partial charge is 0.254 e. The third-order valence-corrected chi connectivity index (χ3v) is 5.05. The van der Waals surface area contributed by atoms with Crippen LogP contribution in [-0.2, 0) is 16.1 Å². The van der Waals surface area contributed by atoms with Gasteiger partial charge in [-0.2, -0.15) is 0 Å². The average molecular weight is 344 g/mol. The Hall–Kier alpha value is -2.32. The van der Waals surface area contributed by atoms with Gasteiger partial charge in [-0.25, -0.2) is 0 Å². The Morgan fingerprint density at radius 2 is 2.25 bits per heavy atom. The van der Waals surface area contributed by atoms with Crippen LogP contribution in [0.4, 0.5) is 5.13 Å². The van der Waals surface area contributed by atoms with E-state index in [2.05, 4.69) is 15.5 Å². The third-order valence-electron chi connectivity index (χ3n) is 4.12. The molecule has 7 nitrogen and oxygen atoms in total. The zero-order valence-electron chi connectivity index (χ0n) is 12.9. The van der Waals surface area contributed by atoms with Crippen LogP contribution in [0.25, 0.3) is 0 Å². The quantitative estimate of drug-likeness (QED) is 0.917. The van der Waals surface area contributed by atoms with Gasteiger partial charge in [0.2, 0.25) is 11.0 Å². The number of nitrogens with zero attached hydrogens (tertiary/aromatic N) is 3. The molecule has 0 aliphatic carbocycles. The van der Waals surface area contributed by atoms with Crippen molar-refractivity contribution in [2.24, 2.45) is 0 Å². The average Bonchev–Trinajstić information content (AvgIpc) is 3.29. The number of fused-ring (bicyclic) bond motifs is 1. The van der Waals surface area contributed by atoms with E-state index >= 15 is 0 Å². The molecule has 1 atom stereocenters. The number of nitrogens with one attached hydrogen (secondary N) is 1. The normalized spacial score (nSPS) is 19.6. The lowest BCUT2D eigenvalue weighted by molar-refractivity contribution is -0.116. The summed E-state index contributed by atoms with van der Waals surface area (Å²) in [6.45, 7) is 1.20. The van der Waals surface area contributed by atoms with E-state index in [0.717, 1.165) is 30.0 Å². The van der Waals surface area contributed by atoms with Crippen molar-refractivity contribution < 1.29 is 14.3 Å². The second-order valence-electron chi connectivity index (χ2n) is 5.81. The summed E-state index contributed by atoms with van der Waals surface area (Å²) in [6, 6.07) is 7.41. The lowest BCUT2D eigenvalue weighted by Crippen LogP contribution is -2.33. The molecule has 2 amide bonds. The fourth-order valence-electron chi connectivity index (χ4n) is 2.96. The van der Waals surface area contributed by atoms with Crippen molar-refractivity contribution in [3.05, 3.63) is 40.4 Å². The summed E-state index contributed by atoms with van der Waals surface area (Å²) >= 11 is 1.32. The van der Waals surface area contributed by atoms with Crippen LogP contribution in [0.15, 0.2) is 24.3 Å². The number of benzene rings is 1. The third kappa shape index (κ3) is 2.90. The molecule has 1 unspecified atom stereocenters. The maximum absolute atomic E-state index is 12.3. The zero-order chi connectivity index (χ0) is 16.5. The van der Waals surface area contributed by atoms with Crippen molar-refractivity contribution in [3.8, 4) is 0 Å². The van der Waals surface area contributed by atoms with Crippen LogP contribution in [-0.4, -0.2) is 40.1 Å². The van der Waals surface area contributed by atoms with E-state index in [1.54, 1.807) is 6.07 Å². The molecule has 2 aliphatic rings. The number of carbonyl (C=O) groups excluding carboxylic acids is 2. The van der Waals surface area contributed by atoms with Crippen LogP contribution in [0.1, 0.15) is 39.9 Å².